The molecule has 1 nitrogen and oxygen atoms in total. The molecule has 0 saturated heterocycles. The third-order valence-corrected chi connectivity index (χ3v) is 3.44. The van der Waals surface area contributed by atoms with E-state index in [1.54, 1.807) is 0 Å². The first-order valence-electron chi connectivity index (χ1n) is 6.81. The SMILES string of the molecule is C=CCN(c1ccccc1)c1cccc2ccccc12. The average molecular weight is 259 g/mol. The Kier molecular flexibility index (Phi) is 3.51. The van der Waals surface area contributed by atoms with Gasteiger partial charge in [0.25, 0.3) is 0 Å². The lowest BCUT2D eigenvalue weighted by Gasteiger charge is -2.25. The van der Waals surface area contributed by atoms with Gasteiger partial charge in [0.1, 0.15) is 0 Å². The second kappa shape index (κ2) is 5.62. The van der Waals surface area contributed by atoms with Crippen molar-refractivity contribution in [3.05, 3.63) is 85.5 Å². The van der Waals surface area contributed by atoms with E-state index in [1.165, 1.54) is 22.1 Å². The normalized spacial score (nSPS) is 10.4. The molecule has 0 aromatic heterocycles. The van der Waals surface area contributed by atoms with Crippen LogP contribution in [-0.2, 0) is 0 Å². The van der Waals surface area contributed by atoms with Crippen molar-refractivity contribution in [1.82, 2.24) is 0 Å². The smallest absolute Gasteiger partial charge is 0.0493 e. The number of nitrogens with zero attached hydrogens (tertiary/aromatic N) is 1. The van der Waals surface area contributed by atoms with Gasteiger partial charge in [-0.15, -0.1) is 6.58 Å². The van der Waals surface area contributed by atoms with E-state index in [4.69, 9.17) is 0 Å². The van der Waals surface area contributed by atoms with Crippen LogP contribution in [-0.4, -0.2) is 6.54 Å². The molecule has 0 saturated carbocycles. The molecule has 0 N–H and O–H groups in total. The molecule has 0 spiro atoms. The minimum absolute atomic E-state index is 0.790. The Morgan fingerprint density at radius 2 is 1.50 bits per heavy atom. The summed E-state index contributed by atoms with van der Waals surface area (Å²) in [6.45, 7) is 4.68. The summed E-state index contributed by atoms with van der Waals surface area (Å²) in [6, 6.07) is 25.3. The second-order valence-electron chi connectivity index (χ2n) is 4.73. The summed E-state index contributed by atoms with van der Waals surface area (Å²) in [7, 11) is 0. The van der Waals surface area contributed by atoms with Crippen LogP contribution in [0.4, 0.5) is 11.4 Å². The Morgan fingerprint density at radius 1 is 0.800 bits per heavy atom. The van der Waals surface area contributed by atoms with Gasteiger partial charge in [-0.2, -0.15) is 0 Å². The van der Waals surface area contributed by atoms with Gasteiger partial charge in [0, 0.05) is 23.3 Å². The number of hydrogen-bond donors (Lipinski definition) is 0. The van der Waals surface area contributed by atoms with Crippen molar-refractivity contribution in [2.24, 2.45) is 0 Å². The number of hydrogen-bond acceptors (Lipinski definition) is 1. The fraction of sp³-hybridized carbons (Fsp3) is 0.0526. The van der Waals surface area contributed by atoms with E-state index < -0.39 is 0 Å². The van der Waals surface area contributed by atoms with Crippen LogP contribution in [0.1, 0.15) is 0 Å². The van der Waals surface area contributed by atoms with Crippen LogP contribution in [0.3, 0.4) is 0 Å². The zero-order chi connectivity index (χ0) is 13.8. The van der Waals surface area contributed by atoms with E-state index in [0.29, 0.717) is 0 Å². The number of rotatable bonds is 4. The predicted octanol–water partition coefficient (Wildman–Crippen LogP) is 5.16. The predicted molar refractivity (Wildman–Crippen MR) is 87.6 cm³/mol. The van der Waals surface area contributed by atoms with E-state index in [1.807, 2.05) is 12.1 Å². The van der Waals surface area contributed by atoms with Crippen LogP contribution in [0, 0.1) is 0 Å². The first-order chi connectivity index (χ1) is 9.90. The first kappa shape index (κ1) is 12.5. The van der Waals surface area contributed by atoms with E-state index in [2.05, 4.69) is 78.2 Å². The van der Waals surface area contributed by atoms with Crippen molar-refractivity contribution in [2.45, 2.75) is 0 Å². The maximum Gasteiger partial charge on any atom is 0.0493 e. The van der Waals surface area contributed by atoms with Gasteiger partial charge in [-0.05, 0) is 23.6 Å². The molecule has 0 amide bonds. The monoisotopic (exact) mass is 259 g/mol. The van der Waals surface area contributed by atoms with Crippen LogP contribution < -0.4 is 4.90 Å². The molecule has 0 aliphatic rings. The molecule has 0 heterocycles. The van der Waals surface area contributed by atoms with Crippen LogP contribution >= 0.6 is 0 Å². The van der Waals surface area contributed by atoms with Crippen molar-refractivity contribution in [3.63, 3.8) is 0 Å². The molecular weight excluding hydrogens is 242 g/mol. The number of benzene rings is 3. The van der Waals surface area contributed by atoms with Gasteiger partial charge < -0.3 is 4.90 Å². The van der Waals surface area contributed by atoms with Gasteiger partial charge in [-0.1, -0.05) is 60.7 Å². The molecule has 20 heavy (non-hydrogen) atoms. The van der Waals surface area contributed by atoms with Gasteiger partial charge in [-0.3, -0.25) is 0 Å². The molecule has 0 aliphatic heterocycles. The van der Waals surface area contributed by atoms with Gasteiger partial charge >= 0.3 is 0 Å². The lowest BCUT2D eigenvalue weighted by Crippen LogP contribution is -2.16. The van der Waals surface area contributed by atoms with Crippen LogP contribution in [0.15, 0.2) is 85.5 Å². The fourth-order valence-corrected chi connectivity index (χ4v) is 2.52. The maximum atomic E-state index is 3.89. The van der Waals surface area contributed by atoms with Crippen molar-refractivity contribution < 1.29 is 0 Å². The molecule has 3 aromatic rings. The van der Waals surface area contributed by atoms with E-state index in [9.17, 15) is 0 Å². The number of fused-ring (bicyclic) bond motifs is 1. The summed E-state index contributed by atoms with van der Waals surface area (Å²) in [5, 5.41) is 2.52. The maximum absolute atomic E-state index is 3.89. The molecule has 0 unspecified atom stereocenters. The van der Waals surface area contributed by atoms with Crippen molar-refractivity contribution in [3.8, 4) is 0 Å². The Bertz CT molecular complexity index is 711. The molecule has 0 bridgehead atoms. The molecule has 1 heteroatoms. The summed E-state index contributed by atoms with van der Waals surface area (Å²) in [5.74, 6) is 0. The van der Waals surface area contributed by atoms with Gasteiger partial charge in [0.15, 0.2) is 0 Å². The van der Waals surface area contributed by atoms with Crippen molar-refractivity contribution in [2.75, 3.05) is 11.4 Å². The summed E-state index contributed by atoms with van der Waals surface area (Å²) in [4.78, 5) is 2.29. The molecular formula is C19H17N. The lowest BCUT2D eigenvalue weighted by molar-refractivity contribution is 1.11. The highest BCUT2D eigenvalue weighted by Crippen LogP contribution is 2.31. The molecule has 98 valence electrons. The third-order valence-electron chi connectivity index (χ3n) is 3.44. The van der Waals surface area contributed by atoms with Crippen molar-refractivity contribution in [1.29, 1.82) is 0 Å². The largest absolute Gasteiger partial charge is 0.337 e. The molecule has 3 rings (SSSR count). The van der Waals surface area contributed by atoms with Gasteiger partial charge in [0.05, 0.1) is 0 Å². The van der Waals surface area contributed by atoms with Crippen molar-refractivity contribution >= 4 is 22.1 Å². The van der Waals surface area contributed by atoms with Crippen LogP contribution in [0.25, 0.3) is 10.8 Å². The fourth-order valence-electron chi connectivity index (χ4n) is 2.52. The zero-order valence-corrected chi connectivity index (χ0v) is 11.4. The third kappa shape index (κ3) is 2.30. The Labute approximate surface area is 119 Å². The highest BCUT2D eigenvalue weighted by Gasteiger charge is 2.10. The number of anilines is 2. The van der Waals surface area contributed by atoms with Gasteiger partial charge in [0.2, 0.25) is 0 Å². The van der Waals surface area contributed by atoms with E-state index in [0.717, 1.165) is 6.54 Å². The Balaban J connectivity index is 2.17. The molecule has 0 aliphatic carbocycles. The molecule has 0 atom stereocenters. The lowest BCUT2D eigenvalue weighted by atomic mass is 10.1. The van der Waals surface area contributed by atoms with Crippen LogP contribution in [0.5, 0.6) is 0 Å². The standard InChI is InChI=1S/C19H17N/c1-2-15-20(17-11-4-3-5-12-17)19-14-8-10-16-9-6-7-13-18(16)19/h2-14H,1,15H2. The Hall–Kier alpha value is -2.54. The van der Waals surface area contributed by atoms with Crippen LogP contribution in [0.2, 0.25) is 0 Å². The molecule has 3 aromatic carbocycles. The van der Waals surface area contributed by atoms with E-state index >= 15 is 0 Å². The van der Waals surface area contributed by atoms with E-state index in [-0.39, 0.29) is 0 Å². The average Bonchev–Trinajstić information content (AvgIpc) is 2.53. The van der Waals surface area contributed by atoms with Gasteiger partial charge in [-0.25, -0.2) is 0 Å². The minimum atomic E-state index is 0.790. The second-order valence-corrected chi connectivity index (χ2v) is 4.73. The topological polar surface area (TPSA) is 3.24 Å². The first-order valence-corrected chi connectivity index (χ1v) is 6.81. The summed E-state index contributed by atoms with van der Waals surface area (Å²) >= 11 is 0. The number of para-hydroxylation sites is 1. The highest BCUT2D eigenvalue weighted by molar-refractivity contribution is 5.96. The summed E-state index contributed by atoms with van der Waals surface area (Å²) < 4.78 is 0. The Morgan fingerprint density at radius 3 is 2.30 bits per heavy atom. The molecule has 0 fully saturated rings. The summed E-state index contributed by atoms with van der Waals surface area (Å²) in [5.41, 5.74) is 2.40. The molecule has 0 radical (unpaired) electrons. The highest BCUT2D eigenvalue weighted by atomic mass is 15.1. The summed E-state index contributed by atoms with van der Waals surface area (Å²) in [6.07, 6.45) is 1.94. The zero-order valence-electron chi connectivity index (χ0n) is 11.4. The quantitative estimate of drug-likeness (QED) is 0.585. The minimum Gasteiger partial charge on any atom is -0.337 e.